The Bertz CT molecular complexity index is 167. The summed E-state index contributed by atoms with van der Waals surface area (Å²) in [6.07, 6.45) is 0. The van der Waals surface area contributed by atoms with Crippen LogP contribution in [0.5, 0.6) is 0 Å². The van der Waals surface area contributed by atoms with Crippen molar-refractivity contribution >= 4 is 0 Å². The maximum atomic E-state index is 13.6. The van der Waals surface area contributed by atoms with E-state index in [1.54, 1.807) is 18.9 Å². The molecule has 0 aromatic heterocycles. The van der Waals surface area contributed by atoms with E-state index in [1.165, 1.54) is 0 Å². The predicted octanol–water partition coefficient (Wildman–Crippen LogP) is 3.25. The van der Waals surface area contributed by atoms with Gasteiger partial charge in [0.05, 0.1) is 6.54 Å². The first-order valence-corrected chi connectivity index (χ1v) is 5.26. The van der Waals surface area contributed by atoms with Gasteiger partial charge in [0.15, 0.2) is 0 Å². The van der Waals surface area contributed by atoms with Crippen molar-refractivity contribution in [2.24, 2.45) is 11.8 Å². The average molecular weight is 207 g/mol. The van der Waals surface area contributed by atoms with E-state index in [0.717, 1.165) is 0 Å². The third-order valence-corrected chi connectivity index (χ3v) is 3.01. The molecular formula is C11H23F2N. The molecule has 0 aromatic rings. The van der Waals surface area contributed by atoms with Gasteiger partial charge in [-0.25, -0.2) is 8.78 Å². The van der Waals surface area contributed by atoms with Crippen molar-refractivity contribution in [1.29, 1.82) is 0 Å². The molecule has 14 heavy (non-hydrogen) atoms. The van der Waals surface area contributed by atoms with E-state index in [9.17, 15) is 8.78 Å². The van der Waals surface area contributed by atoms with Crippen LogP contribution in [0.3, 0.4) is 0 Å². The summed E-state index contributed by atoms with van der Waals surface area (Å²) in [4.78, 5) is 1.69. The fourth-order valence-corrected chi connectivity index (χ4v) is 1.15. The van der Waals surface area contributed by atoms with Gasteiger partial charge in [-0.1, -0.05) is 20.8 Å². The molecule has 0 saturated carbocycles. The Kier molecular flexibility index (Phi) is 4.99. The molecule has 1 atom stereocenters. The van der Waals surface area contributed by atoms with Gasteiger partial charge in [0.25, 0.3) is 5.92 Å². The summed E-state index contributed by atoms with van der Waals surface area (Å²) in [5.41, 5.74) is 0. The monoisotopic (exact) mass is 207 g/mol. The largest absolute Gasteiger partial charge is 0.298 e. The second-order valence-electron chi connectivity index (χ2n) is 4.80. The summed E-state index contributed by atoms with van der Waals surface area (Å²) < 4.78 is 27.3. The molecule has 3 heteroatoms. The van der Waals surface area contributed by atoms with Crippen molar-refractivity contribution < 1.29 is 8.78 Å². The number of hydrogen-bond acceptors (Lipinski definition) is 1. The van der Waals surface area contributed by atoms with Gasteiger partial charge in [0.1, 0.15) is 0 Å². The molecule has 0 saturated heterocycles. The lowest BCUT2D eigenvalue weighted by Gasteiger charge is -2.32. The fraction of sp³-hybridized carbons (Fsp3) is 1.00. The van der Waals surface area contributed by atoms with E-state index in [1.807, 2.05) is 27.7 Å². The maximum Gasteiger partial charge on any atom is 0.263 e. The number of hydrogen-bond donors (Lipinski definition) is 0. The van der Waals surface area contributed by atoms with Crippen molar-refractivity contribution in [1.82, 2.24) is 4.90 Å². The van der Waals surface area contributed by atoms with Crippen molar-refractivity contribution in [2.45, 2.75) is 46.6 Å². The van der Waals surface area contributed by atoms with Gasteiger partial charge in [-0.2, -0.15) is 0 Å². The Morgan fingerprint density at radius 1 is 1.07 bits per heavy atom. The smallest absolute Gasteiger partial charge is 0.263 e. The Morgan fingerprint density at radius 3 is 1.79 bits per heavy atom. The number of rotatable bonds is 5. The molecule has 0 aromatic carbocycles. The van der Waals surface area contributed by atoms with Gasteiger partial charge in [-0.05, 0) is 26.8 Å². The SMILES string of the molecule is CC(C)[C@H](C)C(F)(F)CN(C)C(C)C. The Hall–Kier alpha value is -0.180. The van der Waals surface area contributed by atoms with Gasteiger partial charge in [-0.3, -0.25) is 4.90 Å². The molecule has 0 bridgehead atoms. The fourth-order valence-electron chi connectivity index (χ4n) is 1.15. The molecule has 0 N–H and O–H groups in total. The molecule has 86 valence electrons. The molecule has 0 aliphatic heterocycles. The summed E-state index contributed by atoms with van der Waals surface area (Å²) in [7, 11) is 1.74. The highest BCUT2D eigenvalue weighted by Crippen LogP contribution is 2.31. The second kappa shape index (κ2) is 5.06. The number of nitrogens with zero attached hydrogens (tertiary/aromatic N) is 1. The highest BCUT2D eigenvalue weighted by molar-refractivity contribution is 4.79. The molecule has 0 fully saturated rings. The first-order valence-electron chi connectivity index (χ1n) is 5.26. The number of halogens is 2. The van der Waals surface area contributed by atoms with Crippen LogP contribution in [0.1, 0.15) is 34.6 Å². The topological polar surface area (TPSA) is 3.24 Å². The van der Waals surface area contributed by atoms with E-state index in [2.05, 4.69) is 0 Å². The molecule has 0 amide bonds. The van der Waals surface area contributed by atoms with Gasteiger partial charge < -0.3 is 0 Å². The molecular weight excluding hydrogens is 184 g/mol. The van der Waals surface area contributed by atoms with Gasteiger partial charge in [-0.15, -0.1) is 0 Å². The van der Waals surface area contributed by atoms with Crippen LogP contribution in [-0.4, -0.2) is 30.5 Å². The van der Waals surface area contributed by atoms with Crippen LogP contribution in [0.25, 0.3) is 0 Å². The maximum absolute atomic E-state index is 13.6. The highest BCUT2D eigenvalue weighted by atomic mass is 19.3. The second-order valence-corrected chi connectivity index (χ2v) is 4.80. The molecule has 0 unspecified atom stereocenters. The molecule has 0 spiro atoms. The van der Waals surface area contributed by atoms with Crippen LogP contribution in [0.2, 0.25) is 0 Å². The quantitative estimate of drug-likeness (QED) is 0.669. The molecule has 0 heterocycles. The van der Waals surface area contributed by atoms with Crippen LogP contribution in [0, 0.1) is 11.8 Å². The van der Waals surface area contributed by atoms with E-state index < -0.39 is 11.8 Å². The lowest BCUT2D eigenvalue weighted by Crippen LogP contribution is -2.43. The van der Waals surface area contributed by atoms with E-state index in [0.29, 0.717) is 0 Å². The zero-order valence-electron chi connectivity index (χ0n) is 10.1. The van der Waals surface area contributed by atoms with Crippen LogP contribution >= 0.6 is 0 Å². The standard InChI is InChI=1S/C11H23F2N/c1-8(2)10(5)11(12,13)7-14(6)9(3)4/h8-10H,7H2,1-6H3/t10-/m0/s1. The van der Waals surface area contributed by atoms with Crippen molar-refractivity contribution in [3.8, 4) is 0 Å². The van der Waals surface area contributed by atoms with Crippen LogP contribution in [-0.2, 0) is 0 Å². The lowest BCUT2D eigenvalue weighted by atomic mass is 9.91. The van der Waals surface area contributed by atoms with Gasteiger partial charge in [0, 0.05) is 12.0 Å². The molecule has 0 aliphatic carbocycles. The first-order chi connectivity index (χ1) is 6.18. The normalized spacial score (nSPS) is 15.6. The molecule has 0 radical (unpaired) electrons. The van der Waals surface area contributed by atoms with E-state index >= 15 is 0 Å². The molecule has 1 nitrogen and oxygen atoms in total. The van der Waals surface area contributed by atoms with Gasteiger partial charge in [0.2, 0.25) is 0 Å². The zero-order valence-corrected chi connectivity index (χ0v) is 10.1. The Labute approximate surface area is 86.5 Å². The lowest BCUT2D eigenvalue weighted by molar-refractivity contribution is -0.0902. The van der Waals surface area contributed by atoms with E-state index in [-0.39, 0.29) is 18.5 Å². The average Bonchev–Trinajstić information content (AvgIpc) is 2.01. The third kappa shape index (κ3) is 3.91. The third-order valence-electron chi connectivity index (χ3n) is 3.01. The van der Waals surface area contributed by atoms with Crippen LogP contribution in [0.4, 0.5) is 8.78 Å². The highest BCUT2D eigenvalue weighted by Gasteiger charge is 2.39. The van der Waals surface area contributed by atoms with Crippen LogP contribution in [0.15, 0.2) is 0 Å². The summed E-state index contributed by atoms with van der Waals surface area (Å²) in [6.45, 7) is 9.01. The zero-order chi connectivity index (χ0) is 11.5. The van der Waals surface area contributed by atoms with Crippen molar-refractivity contribution in [2.75, 3.05) is 13.6 Å². The molecule has 0 rings (SSSR count). The minimum absolute atomic E-state index is 0.0190. The Morgan fingerprint density at radius 2 is 1.50 bits per heavy atom. The van der Waals surface area contributed by atoms with Crippen molar-refractivity contribution in [3.05, 3.63) is 0 Å². The summed E-state index contributed by atoms with van der Waals surface area (Å²) in [5.74, 6) is -3.14. The van der Waals surface area contributed by atoms with Gasteiger partial charge >= 0.3 is 0 Å². The predicted molar refractivity (Wildman–Crippen MR) is 56.7 cm³/mol. The minimum atomic E-state index is -2.59. The summed E-state index contributed by atoms with van der Waals surface area (Å²) >= 11 is 0. The summed E-state index contributed by atoms with van der Waals surface area (Å²) in [5, 5.41) is 0. The van der Waals surface area contributed by atoms with Crippen LogP contribution < -0.4 is 0 Å². The number of alkyl halides is 2. The van der Waals surface area contributed by atoms with Crippen molar-refractivity contribution in [3.63, 3.8) is 0 Å². The summed E-state index contributed by atoms with van der Waals surface area (Å²) in [6, 6.07) is 0.167. The minimum Gasteiger partial charge on any atom is -0.298 e. The first kappa shape index (κ1) is 13.8. The Balaban J connectivity index is 4.32. The van der Waals surface area contributed by atoms with E-state index in [4.69, 9.17) is 0 Å². The molecule has 0 aliphatic rings.